The van der Waals surface area contributed by atoms with Crippen molar-refractivity contribution >= 4 is 5.78 Å². The molecule has 0 spiro atoms. The molecule has 0 atom stereocenters. The Morgan fingerprint density at radius 3 is 2.00 bits per heavy atom. The van der Waals surface area contributed by atoms with Crippen molar-refractivity contribution in [2.75, 3.05) is 14.1 Å². The molecule has 0 aromatic rings. The topological polar surface area (TPSA) is 20.3 Å². The van der Waals surface area contributed by atoms with E-state index in [2.05, 4.69) is 25.9 Å². The highest BCUT2D eigenvalue weighted by Gasteiger charge is 2.40. The summed E-state index contributed by atoms with van der Waals surface area (Å²) in [7, 11) is 4.18. The van der Waals surface area contributed by atoms with Gasteiger partial charge in [-0.2, -0.15) is 0 Å². The van der Waals surface area contributed by atoms with Gasteiger partial charge in [-0.05, 0) is 33.4 Å². The number of unbranched alkanes of at least 4 members (excludes halogenated alkanes) is 6. The molecule has 0 unspecified atom stereocenters. The van der Waals surface area contributed by atoms with E-state index in [1.54, 1.807) is 0 Å². The molecule has 0 amide bonds. The van der Waals surface area contributed by atoms with E-state index in [9.17, 15) is 4.79 Å². The molecular weight excluding hydrogens is 246 g/mol. The van der Waals surface area contributed by atoms with E-state index >= 15 is 0 Å². The predicted octanol–water partition coefficient (Wildman–Crippen LogP) is 4.96. The molecule has 1 saturated carbocycles. The standard InChI is InChI=1S/C18H35NO/c1-4-5-6-7-8-9-11-14-17(20)18(19(2)3)15-12-10-13-16-18/h4-16H2,1-3H3. The summed E-state index contributed by atoms with van der Waals surface area (Å²) in [5, 5.41) is 0. The van der Waals surface area contributed by atoms with Crippen molar-refractivity contribution in [2.45, 2.75) is 95.9 Å². The quantitative estimate of drug-likeness (QED) is 0.527. The Morgan fingerprint density at radius 2 is 1.45 bits per heavy atom. The second-order valence-corrected chi connectivity index (χ2v) is 6.78. The Kier molecular flexibility index (Phi) is 8.44. The third-order valence-electron chi connectivity index (χ3n) is 5.06. The summed E-state index contributed by atoms with van der Waals surface area (Å²) in [6, 6.07) is 0. The van der Waals surface area contributed by atoms with E-state index in [0.29, 0.717) is 5.78 Å². The Hall–Kier alpha value is -0.370. The number of ketones is 1. The van der Waals surface area contributed by atoms with Gasteiger partial charge in [-0.1, -0.05) is 64.7 Å². The van der Waals surface area contributed by atoms with E-state index in [1.807, 2.05) is 0 Å². The molecule has 118 valence electrons. The first-order valence-corrected chi connectivity index (χ1v) is 8.84. The minimum Gasteiger partial charge on any atom is -0.298 e. The van der Waals surface area contributed by atoms with Gasteiger partial charge >= 0.3 is 0 Å². The summed E-state index contributed by atoms with van der Waals surface area (Å²) in [4.78, 5) is 14.9. The molecular formula is C18H35NO. The van der Waals surface area contributed by atoms with Crippen molar-refractivity contribution in [3.8, 4) is 0 Å². The number of carbonyl (C=O) groups is 1. The first-order valence-electron chi connectivity index (χ1n) is 8.84. The Bertz CT molecular complexity index is 267. The van der Waals surface area contributed by atoms with Crippen LogP contribution in [0.2, 0.25) is 0 Å². The second kappa shape index (κ2) is 9.55. The number of hydrogen-bond donors (Lipinski definition) is 0. The zero-order valence-corrected chi connectivity index (χ0v) is 14.0. The summed E-state index contributed by atoms with van der Waals surface area (Å²) >= 11 is 0. The molecule has 20 heavy (non-hydrogen) atoms. The SMILES string of the molecule is CCCCCCCCCC(=O)C1(N(C)C)CCCCC1. The lowest BCUT2D eigenvalue weighted by Crippen LogP contribution is -2.52. The third-order valence-corrected chi connectivity index (χ3v) is 5.06. The van der Waals surface area contributed by atoms with Gasteiger partial charge in [0.05, 0.1) is 5.54 Å². The minimum absolute atomic E-state index is 0.125. The molecule has 0 aromatic heterocycles. The first kappa shape index (κ1) is 17.7. The van der Waals surface area contributed by atoms with Gasteiger partial charge in [-0.3, -0.25) is 9.69 Å². The summed E-state index contributed by atoms with van der Waals surface area (Å²) in [5.41, 5.74) is -0.125. The van der Waals surface area contributed by atoms with Gasteiger partial charge in [-0.25, -0.2) is 0 Å². The number of Topliss-reactive ketones (excluding diaryl/α,β-unsaturated/α-hetero) is 1. The average Bonchev–Trinajstić information content (AvgIpc) is 2.46. The van der Waals surface area contributed by atoms with Crippen LogP contribution in [0.15, 0.2) is 0 Å². The van der Waals surface area contributed by atoms with Gasteiger partial charge in [0, 0.05) is 6.42 Å². The van der Waals surface area contributed by atoms with Crippen molar-refractivity contribution in [3.63, 3.8) is 0 Å². The van der Waals surface area contributed by atoms with E-state index in [4.69, 9.17) is 0 Å². The molecule has 1 aliphatic carbocycles. The number of nitrogens with zero attached hydrogens (tertiary/aromatic N) is 1. The van der Waals surface area contributed by atoms with Gasteiger partial charge in [0.15, 0.2) is 5.78 Å². The van der Waals surface area contributed by atoms with Crippen molar-refractivity contribution in [1.29, 1.82) is 0 Å². The van der Waals surface area contributed by atoms with E-state index in [-0.39, 0.29) is 5.54 Å². The molecule has 1 rings (SSSR count). The molecule has 0 saturated heterocycles. The van der Waals surface area contributed by atoms with Crippen LogP contribution in [0.25, 0.3) is 0 Å². The minimum atomic E-state index is -0.125. The highest BCUT2D eigenvalue weighted by molar-refractivity contribution is 5.88. The second-order valence-electron chi connectivity index (χ2n) is 6.78. The highest BCUT2D eigenvalue weighted by atomic mass is 16.1. The van der Waals surface area contributed by atoms with Crippen LogP contribution in [-0.2, 0) is 4.79 Å². The number of likely N-dealkylation sites (N-methyl/N-ethyl adjacent to an activating group) is 1. The van der Waals surface area contributed by atoms with Crippen LogP contribution < -0.4 is 0 Å². The summed E-state index contributed by atoms with van der Waals surface area (Å²) in [5.74, 6) is 0.510. The Labute approximate surface area is 126 Å². The van der Waals surface area contributed by atoms with Crippen LogP contribution in [0.3, 0.4) is 0 Å². The predicted molar refractivity (Wildman–Crippen MR) is 87.1 cm³/mol. The lowest BCUT2D eigenvalue weighted by Gasteiger charge is -2.41. The van der Waals surface area contributed by atoms with Crippen molar-refractivity contribution in [1.82, 2.24) is 4.90 Å². The van der Waals surface area contributed by atoms with Gasteiger partial charge in [0.25, 0.3) is 0 Å². The maximum atomic E-state index is 12.7. The lowest BCUT2D eigenvalue weighted by molar-refractivity contribution is -0.132. The van der Waals surface area contributed by atoms with Crippen LogP contribution >= 0.6 is 0 Å². The molecule has 0 aliphatic heterocycles. The van der Waals surface area contributed by atoms with Gasteiger partial charge in [0.1, 0.15) is 0 Å². The van der Waals surface area contributed by atoms with Crippen LogP contribution in [0.1, 0.15) is 90.4 Å². The molecule has 0 N–H and O–H groups in total. The Morgan fingerprint density at radius 1 is 0.900 bits per heavy atom. The number of carbonyl (C=O) groups excluding carboxylic acids is 1. The summed E-state index contributed by atoms with van der Waals surface area (Å²) < 4.78 is 0. The summed E-state index contributed by atoms with van der Waals surface area (Å²) in [6.07, 6.45) is 15.7. The molecule has 0 bridgehead atoms. The fraction of sp³-hybridized carbons (Fsp3) is 0.944. The zero-order chi connectivity index (χ0) is 14.8. The molecule has 2 heteroatoms. The maximum Gasteiger partial charge on any atom is 0.153 e. The fourth-order valence-electron chi connectivity index (χ4n) is 3.59. The fourth-order valence-corrected chi connectivity index (χ4v) is 3.59. The number of rotatable bonds is 10. The smallest absolute Gasteiger partial charge is 0.153 e. The molecule has 1 aliphatic rings. The zero-order valence-electron chi connectivity index (χ0n) is 14.0. The molecule has 1 fully saturated rings. The average molecular weight is 281 g/mol. The normalized spacial score (nSPS) is 18.4. The van der Waals surface area contributed by atoms with Crippen molar-refractivity contribution in [3.05, 3.63) is 0 Å². The van der Waals surface area contributed by atoms with E-state index in [0.717, 1.165) is 25.7 Å². The lowest BCUT2D eigenvalue weighted by atomic mass is 9.76. The van der Waals surface area contributed by atoms with Crippen molar-refractivity contribution < 1.29 is 4.79 Å². The first-order chi connectivity index (χ1) is 9.63. The van der Waals surface area contributed by atoms with E-state index in [1.165, 1.54) is 57.8 Å². The van der Waals surface area contributed by atoms with Gasteiger partial charge in [-0.15, -0.1) is 0 Å². The van der Waals surface area contributed by atoms with Crippen LogP contribution in [0, 0.1) is 0 Å². The van der Waals surface area contributed by atoms with Crippen LogP contribution in [0.5, 0.6) is 0 Å². The molecule has 0 heterocycles. The van der Waals surface area contributed by atoms with Gasteiger partial charge < -0.3 is 0 Å². The molecule has 2 nitrogen and oxygen atoms in total. The Balaban J connectivity index is 2.25. The van der Waals surface area contributed by atoms with E-state index < -0.39 is 0 Å². The highest BCUT2D eigenvalue weighted by Crippen LogP contribution is 2.34. The molecule has 0 radical (unpaired) electrons. The third kappa shape index (κ3) is 5.20. The molecule has 0 aromatic carbocycles. The largest absolute Gasteiger partial charge is 0.298 e. The van der Waals surface area contributed by atoms with Crippen LogP contribution in [0.4, 0.5) is 0 Å². The van der Waals surface area contributed by atoms with Crippen molar-refractivity contribution in [2.24, 2.45) is 0 Å². The van der Waals surface area contributed by atoms with Gasteiger partial charge in [0.2, 0.25) is 0 Å². The van der Waals surface area contributed by atoms with Crippen LogP contribution in [-0.4, -0.2) is 30.3 Å². The monoisotopic (exact) mass is 281 g/mol. The number of hydrogen-bond acceptors (Lipinski definition) is 2. The summed E-state index contributed by atoms with van der Waals surface area (Å²) in [6.45, 7) is 2.25. The maximum absolute atomic E-state index is 12.7.